The van der Waals surface area contributed by atoms with E-state index in [1.165, 1.54) is 10.9 Å². The Morgan fingerprint density at radius 3 is 2.76 bits per heavy atom. The molecule has 0 saturated heterocycles. The number of nitrogens with zero attached hydrogens (tertiary/aromatic N) is 4. The Kier molecular flexibility index (Phi) is 4.44. The van der Waals surface area contributed by atoms with Crippen molar-refractivity contribution in [2.75, 3.05) is 7.11 Å². The molecule has 0 fully saturated rings. The summed E-state index contributed by atoms with van der Waals surface area (Å²) in [4.78, 5) is 0. The first-order chi connectivity index (χ1) is 14.2. The van der Waals surface area contributed by atoms with Gasteiger partial charge in [0.05, 0.1) is 18.4 Å². The molecule has 0 unspecified atom stereocenters. The van der Waals surface area contributed by atoms with Gasteiger partial charge in [-0.3, -0.25) is 4.40 Å². The minimum Gasteiger partial charge on any atom is -0.496 e. The van der Waals surface area contributed by atoms with Crippen LogP contribution < -0.4 is 4.74 Å². The van der Waals surface area contributed by atoms with Crippen molar-refractivity contribution in [1.82, 2.24) is 19.8 Å². The summed E-state index contributed by atoms with van der Waals surface area (Å²) in [7, 11) is 1.65. The highest BCUT2D eigenvalue weighted by atomic mass is 32.2. The molecular weight excluding hydrogens is 384 g/mol. The zero-order chi connectivity index (χ0) is 19.8. The van der Waals surface area contributed by atoms with E-state index in [2.05, 4.69) is 44.9 Å². The second kappa shape index (κ2) is 7.25. The lowest BCUT2D eigenvalue weighted by Gasteiger charge is -2.06. The number of hydrogen-bond acceptors (Lipinski definition) is 6. The van der Waals surface area contributed by atoms with Crippen molar-refractivity contribution >= 4 is 28.3 Å². The Morgan fingerprint density at radius 1 is 1.03 bits per heavy atom. The van der Waals surface area contributed by atoms with Gasteiger partial charge in [0.2, 0.25) is 0 Å². The highest BCUT2D eigenvalue weighted by molar-refractivity contribution is 7.98. The molecule has 0 bridgehead atoms. The summed E-state index contributed by atoms with van der Waals surface area (Å²) >= 11 is 1.57. The van der Waals surface area contributed by atoms with E-state index in [1.807, 2.05) is 42.5 Å². The number of methoxy groups -OCH3 is 1. The summed E-state index contributed by atoms with van der Waals surface area (Å²) < 4.78 is 13.1. The monoisotopic (exact) mass is 402 g/mol. The number of pyridine rings is 1. The maximum absolute atomic E-state index is 5.55. The van der Waals surface area contributed by atoms with Gasteiger partial charge in [-0.05, 0) is 36.8 Å². The van der Waals surface area contributed by atoms with Crippen LogP contribution in [-0.4, -0.2) is 26.9 Å². The molecule has 0 aliphatic carbocycles. The lowest BCUT2D eigenvalue weighted by molar-refractivity contribution is 0.395. The maximum atomic E-state index is 5.55. The number of benzene rings is 2. The van der Waals surface area contributed by atoms with Crippen LogP contribution in [0.25, 0.3) is 27.8 Å². The highest BCUT2D eigenvalue weighted by Gasteiger charge is 2.14. The van der Waals surface area contributed by atoms with Gasteiger partial charge >= 0.3 is 0 Å². The topological polar surface area (TPSA) is 65.5 Å². The van der Waals surface area contributed by atoms with Crippen LogP contribution in [0.1, 0.15) is 11.3 Å². The van der Waals surface area contributed by atoms with E-state index >= 15 is 0 Å². The molecule has 0 aliphatic heterocycles. The molecule has 144 valence electrons. The van der Waals surface area contributed by atoms with Crippen molar-refractivity contribution in [3.8, 4) is 17.0 Å². The number of ether oxygens (including phenoxy) is 1. The SMILES string of the molecule is COc1ccccc1-c1cc(CSc2nnc3cc(C)c4ccccc4n23)on1. The molecule has 3 heterocycles. The summed E-state index contributed by atoms with van der Waals surface area (Å²) in [5.41, 5.74) is 4.79. The quantitative estimate of drug-likeness (QED) is 0.379. The maximum Gasteiger partial charge on any atom is 0.196 e. The number of hydrogen-bond donors (Lipinski definition) is 0. The Bertz CT molecular complexity index is 1330. The van der Waals surface area contributed by atoms with Crippen LogP contribution in [0, 0.1) is 6.92 Å². The van der Waals surface area contributed by atoms with Crippen LogP contribution in [0.3, 0.4) is 0 Å². The number of fused-ring (bicyclic) bond motifs is 3. The summed E-state index contributed by atoms with van der Waals surface area (Å²) in [6, 6.07) is 20.1. The highest BCUT2D eigenvalue weighted by Crippen LogP contribution is 2.31. The van der Waals surface area contributed by atoms with E-state index < -0.39 is 0 Å². The molecular formula is C22H18N4O2S. The van der Waals surface area contributed by atoms with Crippen LogP contribution in [0.2, 0.25) is 0 Å². The summed E-state index contributed by atoms with van der Waals surface area (Å²) in [5.74, 6) is 2.14. The summed E-state index contributed by atoms with van der Waals surface area (Å²) in [6.07, 6.45) is 0. The molecule has 0 aliphatic rings. The molecule has 6 nitrogen and oxygen atoms in total. The van der Waals surface area contributed by atoms with Gasteiger partial charge in [-0.1, -0.05) is 47.3 Å². The zero-order valence-electron chi connectivity index (χ0n) is 16.0. The normalized spacial score (nSPS) is 11.4. The van der Waals surface area contributed by atoms with Crippen LogP contribution in [-0.2, 0) is 5.75 Å². The minimum absolute atomic E-state index is 0.602. The largest absolute Gasteiger partial charge is 0.496 e. The first-order valence-corrected chi connectivity index (χ1v) is 10.2. The van der Waals surface area contributed by atoms with Crippen molar-refractivity contribution < 1.29 is 9.26 Å². The number of aryl methyl sites for hydroxylation is 1. The molecule has 0 radical (unpaired) electrons. The van der Waals surface area contributed by atoms with Gasteiger partial charge in [0.15, 0.2) is 10.8 Å². The van der Waals surface area contributed by atoms with Crippen LogP contribution >= 0.6 is 11.8 Å². The average Bonchev–Trinajstić information content (AvgIpc) is 3.39. The third kappa shape index (κ3) is 3.13. The van der Waals surface area contributed by atoms with E-state index in [9.17, 15) is 0 Å². The van der Waals surface area contributed by atoms with Gasteiger partial charge in [-0.2, -0.15) is 0 Å². The van der Waals surface area contributed by atoms with Crippen molar-refractivity contribution in [2.24, 2.45) is 0 Å². The second-order valence-corrected chi connectivity index (χ2v) is 7.63. The molecule has 5 aromatic rings. The molecule has 0 amide bonds. The first kappa shape index (κ1) is 17.8. The van der Waals surface area contributed by atoms with Gasteiger partial charge in [0.1, 0.15) is 17.2 Å². The molecule has 0 spiro atoms. The molecule has 7 heteroatoms. The Labute approximate surface area is 171 Å². The van der Waals surface area contributed by atoms with Crippen molar-refractivity contribution in [3.05, 3.63) is 72.0 Å². The van der Waals surface area contributed by atoms with Gasteiger partial charge in [0.25, 0.3) is 0 Å². The molecule has 2 aromatic carbocycles. The summed E-state index contributed by atoms with van der Waals surface area (Å²) in [6.45, 7) is 2.09. The second-order valence-electron chi connectivity index (χ2n) is 6.69. The van der Waals surface area contributed by atoms with E-state index in [-0.39, 0.29) is 0 Å². The molecule has 3 aromatic heterocycles. The smallest absolute Gasteiger partial charge is 0.196 e. The van der Waals surface area contributed by atoms with Crippen LogP contribution in [0.4, 0.5) is 0 Å². The molecule has 29 heavy (non-hydrogen) atoms. The van der Waals surface area contributed by atoms with Gasteiger partial charge in [0, 0.05) is 17.0 Å². The third-order valence-corrected chi connectivity index (χ3v) is 5.81. The third-order valence-electron chi connectivity index (χ3n) is 4.86. The average molecular weight is 402 g/mol. The van der Waals surface area contributed by atoms with E-state index in [4.69, 9.17) is 9.26 Å². The molecule has 0 atom stereocenters. The van der Waals surface area contributed by atoms with E-state index in [1.54, 1.807) is 18.9 Å². The molecule has 0 N–H and O–H groups in total. The lowest BCUT2D eigenvalue weighted by atomic mass is 10.1. The fraction of sp³-hybridized carbons (Fsp3) is 0.136. The number of thioether (sulfide) groups is 1. The lowest BCUT2D eigenvalue weighted by Crippen LogP contribution is -1.93. The fourth-order valence-corrected chi connectivity index (χ4v) is 4.30. The minimum atomic E-state index is 0.602. The molecule has 0 saturated carbocycles. The standard InChI is InChI=1S/C22H18N4O2S/c1-14-11-21-23-24-22(26(21)19-9-5-3-7-16(14)19)29-13-15-12-18(25-28-15)17-8-4-6-10-20(17)27-2/h3-12H,13H2,1-2H3. The predicted molar refractivity (Wildman–Crippen MR) is 113 cm³/mol. The zero-order valence-corrected chi connectivity index (χ0v) is 16.8. The van der Waals surface area contributed by atoms with Gasteiger partial charge < -0.3 is 9.26 Å². The summed E-state index contributed by atoms with van der Waals surface area (Å²) in [5, 5.41) is 15.0. The van der Waals surface area contributed by atoms with E-state index in [0.717, 1.165) is 39.1 Å². The Morgan fingerprint density at radius 2 is 1.86 bits per heavy atom. The Balaban J connectivity index is 1.45. The van der Waals surface area contributed by atoms with Gasteiger partial charge in [-0.25, -0.2) is 0 Å². The number of aromatic nitrogens is 4. The van der Waals surface area contributed by atoms with Crippen molar-refractivity contribution in [2.45, 2.75) is 17.8 Å². The number of rotatable bonds is 5. The van der Waals surface area contributed by atoms with Gasteiger partial charge in [-0.15, -0.1) is 10.2 Å². The van der Waals surface area contributed by atoms with Crippen LogP contribution in [0.5, 0.6) is 5.75 Å². The van der Waals surface area contributed by atoms with Crippen molar-refractivity contribution in [3.63, 3.8) is 0 Å². The van der Waals surface area contributed by atoms with Crippen LogP contribution in [0.15, 0.2) is 70.3 Å². The van der Waals surface area contributed by atoms with E-state index in [0.29, 0.717) is 5.75 Å². The Hall–Kier alpha value is -3.32. The van der Waals surface area contributed by atoms with Crippen molar-refractivity contribution in [1.29, 1.82) is 0 Å². The predicted octanol–water partition coefficient (Wildman–Crippen LogP) is 5.15. The fourth-order valence-electron chi connectivity index (χ4n) is 3.47. The molecule has 5 rings (SSSR count). The number of para-hydroxylation sites is 2. The first-order valence-electron chi connectivity index (χ1n) is 9.20.